The number of rotatable bonds is 7. The number of carbonyl (C=O) groups excluding carboxylic acids is 2. The highest BCUT2D eigenvalue weighted by Crippen LogP contribution is 2.25. The zero-order chi connectivity index (χ0) is 18.4. The Bertz CT molecular complexity index is 791. The molecule has 130 valence electrons. The van der Waals surface area contributed by atoms with Crippen LogP contribution in [0.1, 0.15) is 36.7 Å². The van der Waals surface area contributed by atoms with Crippen molar-refractivity contribution in [3.8, 4) is 0 Å². The smallest absolute Gasteiger partial charge is 0.215 e. The van der Waals surface area contributed by atoms with Crippen LogP contribution in [0.3, 0.4) is 0 Å². The Hall–Kier alpha value is -2.75. The van der Waals surface area contributed by atoms with E-state index in [4.69, 9.17) is 0 Å². The lowest BCUT2D eigenvalue weighted by Gasteiger charge is -2.21. The minimum atomic E-state index is -0.347. The van der Waals surface area contributed by atoms with Crippen molar-refractivity contribution in [2.45, 2.75) is 27.7 Å². The molecule has 0 saturated carbocycles. The summed E-state index contributed by atoms with van der Waals surface area (Å²) in [4.78, 5) is 31.2. The summed E-state index contributed by atoms with van der Waals surface area (Å²) in [6.45, 7) is 9.37. The van der Waals surface area contributed by atoms with Crippen LogP contribution in [0.4, 0.5) is 11.4 Å². The topological polar surface area (TPSA) is 49.7 Å². The zero-order valence-corrected chi connectivity index (χ0v) is 15.2. The van der Waals surface area contributed by atoms with Gasteiger partial charge in [-0.15, -0.1) is 0 Å². The van der Waals surface area contributed by atoms with Crippen LogP contribution < -0.4 is 4.90 Å². The normalized spacial score (nSPS) is 11.3. The molecule has 0 fully saturated rings. The van der Waals surface area contributed by atoms with Crippen LogP contribution >= 0.6 is 0 Å². The van der Waals surface area contributed by atoms with Gasteiger partial charge in [0.1, 0.15) is 0 Å². The second-order valence-corrected chi connectivity index (χ2v) is 5.85. The second kappa shape index (κ2) is 8.38. The third-order valence-electron chi connectivity index (χ3n) is 4.13. The minimum absolute atomic E-state index is 0.0371. The summed E-state index contributed by atoms with van der Waals surface area (Å²) < 4.78 is 0. The van der Waals surface area contributed by atoms with E-state index >= 15 is 0 Å². The van der Waals surface area contributed by atoms with Gasteiger partial charge in [0, 0.05) is 31.3 Å². The molecule has 0 spiro atoms. The molecule has 0 aliphatic heterocycles. The maximum absolute atomic E-state index is 12.6. The third kappa shape index (κ3) is 4.41. The highest BCUT2D eigenvalue weighted by molar-refractivity contribution is 6.69. The van der Waals surface area contributed by atoms with Gasteiger partial charge in [0.05, 0.1) is 5.69 Å². The summed E-state index contributed by atoms with van der Waals surface area (Å²) in [6.07, 6.45) is 0. The van der Waals surface area contributed by atoms with Gasteiger partial charge in [0.25, 0.3) is 0 Å². The Morgan fingerprint density at radius 1 is 1.00 bits per heavy atom. The van der Waals surface area contributed by atoms with Crippen molar-refractivity contribution in [1.82, 2.24) is 0 Å². The van der Waals surface area contributed by atoms with E-state index in [0.717, 1.165) is 24.3 Å². The van der Waals surface area contributed by atoms with Crippen molar-refractivity contribution < 1.29 is 9.59 Å². The fourth-order valence-electron chi connectivity index (χ4n) is 2.69. The van der Waals surface area contributed by atoms with Crippen LogP contribution in [-0.4, -0.2) is 30.4 Å². The van der Waals surface area contributed by atoms with Crippen LogP contribution in [0.25, 0.3) is 0 Å². The van der Waals surface area contributed by atoms with Gasteiger partial charge < -0.3 is 4.90 Å². The Balaban J connectivity index is 2.41. The van der Waals surface area contributed by atoms with Crippen LogP contribution in [0.2, 0.25) is 0 Å². The van der Waals surface area contributed by atoms with Crippen LogP contribution in [0, 0.1) is 6.92 Å². The summed E-state index contributed by atoms with van der Waals surface area (Å²) in [5.74, 6) is -0.679. The Labute approximate surface area is 149 Å². The van der Waals surface area contributed by atoms with E-state index in [1.54, 1.807) is 24.3 Å². The number of benzene rings is 2. The van der Waals surface area contributed by atoms with Gasteiger partial charge in [0.2, 0.25) is 5.78 Å². The standard InChI is InChI=1S/C21H24N2O2/c1-5-23(6-2)18-12-13-19(15(3)14-18)22-20(16(4)24)21(25)17-10-8-7-9-11-17/h7-14H,5-6H2,1-4H3. The number of hydrogen-bond acceptors (Lipinski definition) is 4. The molecular weight excluding hydrogens is 312 g/mol. The Kier molecular flexibility index (Phi) is 6.23. The molecule has 25 heavy (non-hydrogen) atoms. The number of Topliss-reactive ketones (excluding diaryl/α,β-unsaturated/α-hetero) is 2. The van der Waals surface area contributed by atoms with E-state index in [9.17, 15) is 9.59 Å². The summed E-state index contributed by atoms with van der Waals surface area (Å²) in [5.41, 5.74) is 3.12. The van der Waals surface area contributed by atoms with Gasteiger partial charge in [-0.25, -0.2) is 4.99 Å². The lowest BCUT2D eigenvalue weighted by atomic mass is 10.0. The minimum Gasteiger partial charge on any atom is -0.372 e. The van der Waals surface area contributed by atoms with Gasteiger partial charge >= 0.3 is 0 Å². The molecule has 4 nitrogen and oxygen atoms in total. The predicted molar refractivity (Wildman–Crippen MR) is 103 cm³/mol. The van der Waals surface area contributed by atoms with E-state index in [1.807, 2.05) is 31.2 Å². The second-order valence-electron chi connectivity index (χ2n) is 5.85. The van der Waals surface area contributed by atoms with Crippen molar-refractivity contribution in [2.75, 3.05) is 18.0 Å². The first-order valence-corrected chi connectivity index (χ1v) is 8.52. The molecule has 0 radical (unpaired) electrons. The summed E-state index contributed by atoms with van der Waals surface area (Å²) in [7, 11) is 0. The molecule has 0 N–H and O–H groups in total. The molecule has 2 rings (SSSR count). The van der Waals surface area contributed by atoms with E-state index in [0.29, 0.717) is 11.3 Å². The molecule has 0 heterocycles. The van der Waals surface area contributed by atoms with Crippen molar-refractivity contribution in [3.05, 3.63) is 59.7 Å². The summed E-state index contributed by atoms with van der Waals surface area (Å²) in [5, 5.41) is 0. The van der Waals surface area contributed by atoms with Crippen LogP contribution in [-0.2, 0) is 4.79 Å². The molecule has 0 saturated heterocycles. The molecule has 4 heteroatoms. The lowest BCUT2D eigenvalue weighted by molar-refractivity contribution is -0.110. The third-order valence-corrected chi connectivity index (χ3v) is 4.13. The summed E-state index contributed by atoms with van der Waals surface area (Å²) in [6, 6.07) is 14.6. The van der Waals surface area contributed by atoms with Gasteiger partial charge in [-0.3, -0.25) is 9.59 Å². The van der Waals surface area contributed by atoms with E-state index in [-0.39, 0.29) is 17.3 Å². The maximum atomic E-state index is 12.6. The first-order valence-electron chi connectivity index (χ1n) is 8.52. The number of carbonyl (C=O) groups is 2. The molecule has 0 aliphatic rings. The zero-order valence-electron chi connectivity index (χ0n) is 15.2. The largest absolute Gasteiger partial charge is 0.372 e. The van der Waals surface area contributed by atoms with Gasteiger partial charge in [-0.1, -0.05) is 30.3 Å². The number of nitrogens with zero attached hydrogens (tertiary/aromatic N) is 2. The first-order chi connectivity index (χ1) is 12.0. The van der Waals surface area contributed by atoms with Crippen LogP contribution in [0.15, 0.2) is 53.5 Å². The number of aliphatic imine (C=N–C) groups is 1. The van der Waals surface area contributed by atoms with E-state index < -0.39 is 0 Å². The molecular formula is C21H24N2O2. The molecule has 0 bridgehead atoms. The highest BCUT2D eigenvalue weighted by atomic mass is 16.1. The number of anilines is 1. The molecule has 0 unspecified atom stereocenters. The Morgan fingerprint density at radius 3 is 2.16 bits per heavy atom. The number of aryl methyl sites for hydroxylation is 1. The SMILES string of the molecule is CCN(CC)c1ccc(N=C(C(C)=O)C(=O)c2ccccc2)c(C)c1. The van der Waals surface area contributed by atoms with Gasteiger partial charge in [-0.2, -0.15) is 0 Å². The summed E-state index contributed by atoms with van der Waals surface area (Å²) >= 11 is 0. The molecule has 0 aromatic heterocycles. The highest BCUT2D eigenvalue weighted by Gasteiger charge is 2.19. The van der Waals surface area contributed by atoms with Gasteiger partial charge in [0.15, 0.2) is 11.5 Å². The van der Waals surface area contributed by atoms with E-state index in [1.165, 1.54) is 6.92 Å². The van der Waals surface area contributed by atoms with E-state index in [2.05, 4.69) is 23.7 Å². The Morgan fingerprint density at radius 2 is 1.64 bits per heavy atom. The lowest BCUT2D eigenvalue weighted by Crippen LogP contribution is -2.22. The molecule has 0 atom stereocenters. The number of ketones is 2. The molecule has 2 aromatic rings. The van der Waals surface area contributed by atoms with Crippen LogP contribution in [0.5, 0.6) is 0 Å². The van der Waals surface area contributed by atoms with Gasteiger partial charge in [-0.05, 0) is 44.5 Å². The predicted octanol–water partition coefficient (Wildman–Crippen LogP) is 4.39. The maximum Gasteiger partial charge on any atom is 0.215 e. The quantitative estimate of drug-likeness (QED) is 0.428. The average Bonchev–Trinajstić information content (AvgIpc) is 2.62. The molecule has 0 aliphatic carbocycles. The molecule has 2 aromatic carbocycles. The average molecular weight is 336 g/mol. The fourth-order valence-corrected chi connectivity index (χ4v) is 2.69. The van der Waals surface area contributed by atoms with Crippen molar-refractivity contribution in [2.24, 2.45) is 4.99 Å². The molecule has 0 amide bonds. The number of hydrogen-bond donors (Lipinski definition) is 0. The fraction of sp³-hybridized carbons (Fsp3) is 0.286. The first kappa shape index (κ1) is 18.6. The van der Waals surface area contributed by atoms with Crippen molar-refractivity contribution >= 4 is 28.7 Å². The van der Waals surface area contributed by atoms with Crippen molar-refractivity contribution in [3.63, 3.8) is 0 Å². The monoisotopic (exact) mass is 336 g/mol. The van der Waals surface area contributed by atoms with Crippen molar-refractivity contribution in [1.29, 1.82) is 0 Å².